The van der Waals surface area contributed by atoms with Gasteiger partial charge in [0.2, 0.25) is 0 Å². The van der Waals surface area contributed by atoms with Gasteiger partial charge in [-0.1, -0.05) is 78.4 Å². The summed E-state index contributed by atoms with van der Waals surface area (Å²) in [6.45, 7) is 2.08. The Labute approximate surface area is 214 Å². The average Bonchev–Trinajstić information content (AvgIpc) is 3.40. The maximum absolute atomic E-state index is 14.0. The Bertz CT molecular complexity index is 1880. The summed E-state index contributed by atoms with van der Waals surface area (Å²) in [5.74, 6) is -0.609. The summed E-state index contributed by atoms with van der Waals surface area (Å²) in [7, 11) is 0. The smallest absolute Gasteiger partial charge is 0.268 e. The molecule has 0 bridgehead atoms. The molecule has 0 fully saturated rings. The summed E-state index contributed by atoms with van der Waals surface area (Å²) in [5, 5.41) is 2.24. The zero-order valence-corrected chi connectivity index (χ0v) is 20.2. The molecule has 0 spiro atoms. The van der Waals surface area contributed by atoms with E-state index in [0.717, 1.165) is 32.9 Å². The number of carbonyl (C=O) groups excluding carboxylic acids is 2. The minimum absolute atomic E-state index is 0.302. The second-order valence-electron chi connectivity index (χ2n) is 9.43. The lowest BCUT2D eigenvalue weighted by molar-refractivity contribution is 0.0926. The molecule has 0 saturated carbocycles. The zero-order chi connectivity index (χ0) is 25.1. The second-order valence-corrected chi connectivity index (χ2v) is 9.43. The molecule has 1 aliphatic heterocycles. The summed E-state index contributed by atoms with van der Waals surface area (Å²) in [6, 6.07) is 37.6. The molecule has 0 unspecified atom stereocenters. The number of para-hydroxylation sites is 1. The molecule has 1 aliphatic rings. The van der Waals surface area contributed by atoms with Crippen molar-refractivity contribution in [2.75, 3.05) is 4.90 Å². The quantitative estimate of drug-likeness (QED) is 0.246. The molecule has 1 aromatic heterocycles. The van der Waals surface area contributed by atoms with Gasteiger partial charge >= 0.3 is 0 Å². The van der Waals surface area contributed by atoms with Crippen LogP contribution in [0, 0.1) is 6.92 Å². The van der Waals surface area contributed by atoms with Gasteiger partial charge in [0.05, 0.1) is 33.5 Å². The van der Waals surface area contributed by atoms with Crippen LogP contribution in [0.4, 0.5) is 5.69 Å². The van der Waals surface area contributed by atoms with Crippen molar-refractivity contribution in [3.63, 3.8) is 0 Å². The van der Waals surface area contributed by atoms with Crippen molar-refractivity contribution in [1.82, 2.24) is 4.57 Å². The van der Waals surface area contributed by atoms with Crippen LogP contribution in [0.25, 0.3) is 38.6 Å². The van der Waals surface area contributed by atoms with Gasteiger partial charge in [-0.25, -0.2) is 4.90 Å². The molecule has 7 rings (SSSR count). The van der Waals surface area contributed by atoms with Gasteiger partial charge in [-0.05, 0) is 60.5 Å². The van der Waals surface area contributed by atoms with Gasteiger partial charge in [-0.15, -0.1) is 0 Å². The van der Waals surface area contributed by atoms with Crippen LogP contribution in [-0.4, -0.2) is 16.4 Å². The van der Waals surface area contributed by atoms with E-state index in [1.807, 2.05) is 78.9 Å². The summed E-state index contributed by atoms with van der Waals surface area (Å²) in [4.78, 5) is 28.9. The molecule has 0 radical (unpaired) electrons. The lowest BCUT2D eigenvalue weighted by Gasteiger charge is -2.16. The fourth-order valence-electron chi connectivity index (χ4n) is 5.49. The van der Waals surface area contributed by atoms with E-state index in [4.69, 9.17) is 0 Å². The molecular formula is C33H22N2O2. The van der Waals surface area contributed by atoms with Crippen molar-refractivity contribution in [3.8, 4) is 16.8 Å². The Balaban J connectivity index is 1.42. The first-order chi connectivity index (χ1) is 18.1. The Morgan fingerprint density at radius 2 is 1.30 bits per heavy atom. The number of hydrogen-bond donors (Lipinski definition) is 0. The van der Waals surface area contributed by atoms with Crippen molar-refractivity contribution in [1.29, 1.82) is 0 Å². The predicted molar refractivity (Wildman–Crippen MR) is 149 cm³/mol. The molecule has 6 aromatic rings. The number of nitrogens with zero attached hydrogens (tertiary/aromatic N) is 2. The van der Waals surface area contributed by atoms with Gasteiger partial charge < -0.3 is 4.57 Å². The highest BCUT2D eigenvalue weighted by molar-refractivity contribution is 6.35. The Morgan fingerprint density at radius 1 is 0.568 bits per heavy atom. The van der Waals surface area contributed by atoms with Crippen molar-refractivity contribution in [3.05, 3.63) is 132 Å². The first-order valence-corrected chi connectivity index (χ1v) is 12.3. The highest BCUT2D eigenvalue weighted by atomic mass is 16.2. The average molecular weight is 479 g/mol. The molecule has 0 N–H and O–H groups in total. The van der Waals surface area contributed by atoms with Crippen LogP contribution >= 0.6 is 0 Å². The molecule has 176 valence electrons. The molecule has 5 aromatic carbocycles. The largest absolute Gasteiger partial charge is 0.308 e. The standard InChI is InChI=1S/C33H22N2O2/c1-21-17-18-29-27(19-21)25-13-5-6-15-28(25)35(29)30-16-8-14-26-31(30)33(37)34(32(26)36)24-12-7-11-23(20-24)22-9-3-2-4-10-22/h2-20H,1H3. The molecule has 0 atom stereocenters. The number of benzene rings is 5. The van der Waals surface area contributed by atoms with Crippen LogP contribution < -0.4 is 4.90 Å². The van der Waals surface area contributed by atoms with Gasteiger partial charge in [0.1, 0.15) is 0 Å². The van der Waals surface area contributed by atoms with Crippen molar-refractivity contribution >= 4 is 39.3 Å². The maximum Gasteiger partial charge on any atom is 0.268 e. The molecule has 2 heterocycles. The number of fused-ring (bicyclic) bond motifs is 4. The number of amides is 2. The number of aromatic nitrogens is 1. The number of aryl methyl sites for hydroxylation is 1. The van der Waals surface area contributed by atoms with E-state index in [1.165, 1.54) is 10.5 Å². The molecule has 0 aliphatic carbocycles. The number of carbonyl (C=O) groups is 2. The van der Waals surface area contributed by atoms with Crippen LogP contribution in [0.2, 0.25) is 0 Å². The SMILES string of the molecule is Cc1ccc2c(c1)c1ccccc1n2-c1cccc2c1C(=O)N(c1cccc(-c3ccccc3)c1)C2=O. The zero-order valence-electron chi connectivity index (χ0n) is 20.2. The van der Waals surface area contributed by atoms with E-state index < -0.39 is 0 Å². The fourth-order valence-corrected chi connectivity index (χ4v) is 5.49. The highest BCUT2D eigenvalue weighted by Gasteiger charge is 2.39. The Morgan fingerprint density at radius 3 is 2.16 bits per heavy atom. The van der Waals surface area contributed by atoms with Crippen LogP contribution in [0.15, 0.2) is 115 Å². The van der Waals surface area contributed by atoms with Gasteiger partial charge in [-0.2, -0.15) is 0 Å². The summed E-state index contributed by atoms with van der Waals surface area (Å²) in [5.41, 5.74) is 7.29. The predicted octanol–water partition coefficient (Wildman–Crippen LogP) is 7.56. The molecule has 4 nitrogen and oxygen atoms in total. The maximum atomic E-state index is 14.0. The van der Waals surface area contributed by atoms with E-state index in [2.05, 4.69) is 41.8 Å². The number of hydrogen-bond acceptors (Lipinski definition) is 2. The van der Waals surface area contributed by atoms with Gasteiger partial charge in [-0.3, -0.25) is 9.59 Å². The van der Waals surface area contributed by atoms with Crippen LogP contribution in [0.5, 0.6) is 0 Å². The summed E-state index contributed by atoms with van der Waals surface area (Å²) < 4.78 is 2.11. The van der Waals surface area contributed by atoms with Gasteiger partial charge in [0, 0.05) is 10.8 Å². The van der Waals surface area contributed by atoms with E-state index in [1.54, 1.807) is 6.07 Å². The summed E-state index contributed by atoms with van der Waals surface area (Å²) >= 11 is 0. The lowest BCUT2D eigenvalue weighted by Crippen LogP contribution is -2.29. The third-order valence-electron chi connectivity index (χ3n) is 7.17. The minimum Gasteiger partial charge on any atom is -0.308 e. The van der Waals surface area contributed by atoms with E-state index in [-0.39, 0.29) is 11.8 Å². The summed E-state index contributed by atoms with van der Waals surface area (Å²) in [6.07, 6.45) is 0. The normalized spacial score (nSPS) is 13.1. The van der Waals surface area contributed by atoms with Gasteiger partial charge in [0.25, 0.3) is 11.8 Å². The van der Waals surface area contributed by atoms with Crippen molar-refractivity contribution in [2.45, 2.75) is 6.92 Å². The van der Waals surface area contributed by atoms with E-state index in [9.17, 15) is 9.59 Å². The number of rotatable bonds is 3. The third-order valence-corrected chi connectivity index (χ3v) is 7.17. The van der Waals surface area contributed by atoms with Gasteiger partial charge in [0.15, 0.2) is 0 Å². The minimum atomic E-state index is -0.307. The van der Waals surface area contributed by atoms with E-state index >= 15 is 0 Å². The number of anilines is 1. The number of imide groups is 1. The molecular weight excluding hydrogens is 456 g/mol. The highest BCUT2D eigenvalue weighted by Crippen LogP contribution is 2.38. The Hall–Kier alpha value is -4.96. The first-order valence-electron chi connectivity index (χ1n) is 12.3. The third kappa shape index (κ3) is 3.16. The Kier molecular flexibility index (Phi) is 4.63. The van der Waals surface area contributed by atoms with Crippen LogP contribution in [0.1, 0.15) is 26.3 Å². The first kappa shape index (κ1) is 21.3. The topological polar surface area (TPSA) is 42.3 Å². The molecule has 2 amide bonds. The fraction of sp³-hybridized carbons (Fsp3) is 0.0303. The molecule has 37 heavy (non-hydrogen) atoms. The molecule has 4 heteroatoms. The van der Waals surface area contributed by atoms with Crippen molar-refractivity contribution in [2.24, 2.45) is 0 Å². The van der Waals surface area contributed by atoms with Crippen LogP contribution in [0.3, 0.4) is 0 Å². The van der Waals surface area contributed by atoms with E-state index in [0.29, 0.717) is 22.5 Å². The lowest BCUT2D eigenvalue weighted by atomic mass is 10.0. The van der Waals surface area contributed by atoms with Crippen LogP contribution in [-0.2, 0) is 0 Å². The molecule has 0 saturated heterocycles. The second kappa shape index (κ2) is 8.04. The van der Waals surface area contributed by atoms with Crippen molar-refractivity contribution < 1.29 is 9.59 Å². The monoisotopic (exact) mass is 478 g/mol.